The lowest BCUT2D eigenvalue weighted by Gasteiger charge is -2.13. The van der Waals surface area contributed by atoms with E-state index in [-0.39, 0.29) is 11.5 Å². The third-order valence-electron chi connectivity index (χ3n) is 6.06. The zero-order chi connectivity index (χ0) is 27.0. The van der Waals surface area contributed by atoms with Gasteiger partial charge >= 0.3 is 11.6 Å². The molecule has 204 valence electrons. The second-order valence-corrected chi connectivity index (χ2v) is 9.80. The Bertz CT molecular complexity index is 1100. The van der Waals surface area contributed by atoms with Gasteiger partial charge in [0.15, 0.2) is 5.75 Å². The van der Waals surface area contributed by atoms with Crippen molar-refractivity contribution in [3.8, 4) is 17.2 Å². The predicted molar refractivity (Wildman–Crippen MR) is 150 cm³/mol. The van der Waals surface area contributed by atoms with E-state index < -0.39 is 11.6 Å². The first-order valence-corrected chi connectivity index (χ1v) is 13.7. The van der Waals surface area contributed by atoms with Gasteiger partial charge in [-0.3, -0.25) is 4.79 Å². The first-order valence-electron chi connectivity index (χ1n) is 13.7. The third-order valence-corrected chi connectivity index (χ3v) is 6.06. The molecule has 6 nitrogen and oxygen atoms in total. The number of allylic oxidation sites excluding steroid dienone is 3. The maximum atomic E-state index is 12.6. The summed E-state index contributed by atoms with van der Waals surface area (Å²) >= 11 is 0. The lowest BCUT2D eigenvalue weighted by Crippen LogP contribution is -2.14. The summed E-state index contributed by atoms with van der Waals surface area (Å²) in [5.74, 6) is 0.0163. The van der Waals surface area contributed by atoms with Crippen molar-refractivity contribution in [3.05, 3.63) is 51.9 Å². The number of fused-ring (bicyclic) bond motifs is 1. The minimum absolute atomic E-state index is 0.205. The Kier molecular flexibility index (Phi) is 13.6. The number of ether oxygens (including phenoxy) is 3. The number of hydrogen-bond acceptors (Lipinski definition) is 6. The average molecular weight is 513 g/mol. The Morgan fingerprint density at radius 2 is 1.59 bits per heavy atom. The average Bonchev–Trinajstić information content (AvgIpc) is 2.84. The Labute approximate surface area is 221 Å². The lowest BCUT2D eigenvalue weighted by atomic mass is 10.1. The van der Waals surface area contributed by atoms with Crippen molar-refractivity contribution in [3.63, 3.8) is 0 Å². The van der Waals surface area contributed by atoms with Gasteiger partial charge in [0.05, 0.1) is 12.0 Å². The van der Waals surface area contributed by atoms with Crippen molar-refractivity contribution in [2.24, 2.45) is 0 Å². The van der Waals surface area contributed by atoms with E-state index in [1.807, 2.05) is 0 Å². The molecule has 1 heterocycles. The van der Waals surface area contributed by atoms with E-state index >= 15 is 0 Å². The second-order valence-electron chi connectivity index (χ2n) is 9.80. The molecular formula is C31H44O6. The molecule has 0 saturated heterocycles. The van der Waals surface area contributed by atoms with Crippen molar-refractivity contribution >= 4 is 16.9 Å². The summed E-state index contributed by atoms with van der Waals surface area (Å²) < 4.78 is 22.5. The van der Waals surface area contributed by atoms with Crippen LogP contribution in [0.25, 0.3) is 11.0 Å². The van der Waals surface area contributed by atoms with Crippen LogP contribution in [0, 0.1) is 0 Å². The minimum atomic E-state index is -0.749. The molecular weight excluding hydrogens is 468 g/mol. The van der Waals surface area contributed by atoms with Crippen LogP contribution >= 0.6 is 0 Å². The van der Waals surface area contributed by atoms with Crippen LogP contribution in [0.5, 0.6) is 17.2 Å². The molecule has 0 bridgehead atoms. The number of carbonyl (C=O) groups is 1. The molecule has 0 unspecified atom stereocenters. The number of esters is 1. The Morgan fingerprint density at radius 1 is 0.892 bits per heavy atom. The quantitative estimate of drug-likeness (QED) is 0.0918. The van der Waals surface area contributed by atoms with Crippen LogP contribution in [0.1, 0.15) is 98.8 Å². The number of hydrogen-bond donors (Lipinski definition) is 0. The van der Waals surface area contributed by atoms with Crippen molar-refractivity contribution in [2.45, 2.75) is 98.8 Å². The molecule has 2 aromatic rings. The van der Waals surface area contributed by atoms with Gasteiger partial charge in [0, 0.05) is 13.0 Å². The number of rotatable bonds is 17. The van der Waals surface area contributed by atoms with E-state index in [0.29, 0.717) is 29.9 Å². The molecule has 37 heavy (non-hydrogen) atoms. The van der Waals surface area contributed by atoms with E-state index in [1.54, 1.807) is 18.2 Å². The monoisotopic (exact) mass is 512 g/mol. The van der Waals surface area contributed by atoms with Crippen molar-refractivity contribution in [1.82, 2.24) is 0 Å². The van der Waals surface area contributed by atoms with Crippen molar-refractivity contribution in [1.29, 1.82) is 0 Å². The summed E-state index contributed by atoms with van der Waals surface area (Å²) in [5, 5.41) is 0.566. The highest BCUT2D eigenvalue weighted by Gasteiger charge is 2.20. The summed E-state index contributed by atoms with van der Waals surface area (Å²) in [6.45, 7) is 10.6. The topological polar surface area (TPSA) is 75.0 Å². The maximum Gasteiger partial charge on any atom is 0.383 e. The molecule has 0 saturated carbocycles. The first-order chi connectivity index (χ1) is 17.8. The fourth-order valence-electron chi connectivity index (χ4n) is 3.98. The zero-order valence-electron chi connectivity index (χ0n) is 23.3. The summed E-state index contributed by atoms with van der Waals surface area (Å²) in [7, 11) is 0. The summed E-state index contributed by atoms with van der Waals surface area (Å²) in [6.07, 6.45) is 15.7. The van der Waals surface area contributed by atoms with Crippen LogP contribution in [0.15, 0.2) is 50.7 Å². The van der Waals surface area contributed by atoms with Crippen LogP contribution in [0.4, 0.5) is 0 Å². The molecule has 0 radical (unpaired) electrons. The Balaban J connectivity index is 2.06. The molecule has 0 fully saturated rings. The maximum absolute atomic E-state index is 12.6. The fraction of sp³-hybridized carbons (Fsp3) is 0.548. The molecule has 0 N–H and O–H groups in total. The minimum Gasteiger partial charge on any atom is -0.489 e. The molecule has 0 aliphatic rings. The SMILES string of the molecule is CCCCCCCCCCOc1c(OC(C)=O)c(=O)oc2cc(OCC=C(C)CCC=C(C)C)ccc12. The van der Waals surface area contributed by atoms with Crippen LogP contribution in [0.2, 0.25) is 0 Å². The van der Waals surface area contributed by atoms with Gasteiger partial charge in [-0.25, -0.2) is 4.79 Å². The summed E-state index contributed by atoms with van der Waals surface area (Å²) in [6, 6.07) is 5.24. The summed E-state index contributed by atoms with van der Waals surface area (Å²) in [5.41, 5.74) is 2.15. The van der Waals surface area contributed by atoms with E-state index in [4.69, 9.17) is 18.6 Å². The van der Waals surface area contributed by atoms with Crippen molar-refractivity contribution < 1.29 is 23.4 Å². The normalized spacial score (nSPS) is 11.4. The van der Waals surface area contributed by atoms with Gasteiger partial charge in [-0.2, -0.15) is 0 Å². The van der Waals surface area contributed by atoms with E-state index in [2.05, 4.69) is 39.8 Å². The van der Waals surface area contributed by atoms with Crippen LogP contribution in [-0.2, 0) is 4.79 Å². The highest BCUT2D eigenvalue weighted by molar-refractivity contribution is 5.87. The van der Waals surface area contributed by atoms with Gasteiger partial charge in [0.1, 0.15) is 17.9 Å². The highest BCUT2D eigenvalue weighted by atomic mass is 16.6. The van der Waals surface area contributed by atoms with Gasteiger partial charge in [0.2, 0.25) is 0 Å². The Hall–Kier alpha value is -3.02. The number of carbonyl (C=O) groups excluding carboxylic acids is 1. The fourth-order valence-corrected chi connectivity index (χ4v) is 3.98. The molecule has 0 atom stereocenters. The van der Waals surface area contributed by atoms with E-state index in [0.717, 1.165) is 32.1 Å². The van der Waals surface area contributed by atoms with Crippen LogP contribution in [-0.4, -0.2) is 19.2 Å². The standard InChI is InChI=1S/C31H44O6/c1-6-7-8-9-10-11-12-13-20-35-29-27-18-17-26(34-21-19-24(4)16-14-15-23(2)3)22-28(27)37-31(33)30(29)36-25(5)32/h15,17-19,22H,6-14,16,20-21H2,1-5H3. The third kappa shape index (κ3) is 11.3. The van der Waals surface area contributed by atoms with Gasteiger partial charge in [0.25, 0.3) is 5.75 Å². The van der Waals surface area contributed by atoms with Gasteiger partial charge in [-0.1, -0.05) is 69.1 Å². The predicted octanol–water partition coefficient (Wildman–Crippen LogP) is 8.31. The molecule has 1 aromatic carbocycles. The molecule has 2 rings (SSSR count). The molecule has 6 heteroatoms. The lowest BCUT2D eigenvalue weighted by molar-refractivity contribution is -0.132. The molecule has 1 aromatic heterocycles. The second kappa shape index (κ2) is 16.7. The van der Waals surface area contributed by atoms with Crippen molar-refractivity contribution in [2.75, 3.05) is 13.2 Å². The molecule has 0 amide bonds. The largest absolute Gasteiger partial charge is 0.489 e. The Morgan fingerprint density at radius 3 is 2.27 bits per heavy atom. The summed E-state index contributed by atoms with van der Waals surface area (Å²) in [4.78, 5) is 24.3. The molecule has 0 spiro atoms. The molecule has 0 aliphatic heterocycles. The van der Waals surface area contributed by atoms with E-state index in [1.165, 1.54) is 50.2 Å². The number of benzene rings is 1. The van der Waals surface area contributed by atoms with Crippen LogP contribution < -0.4 is 19.8 Å². The zero-order valence-corrected chi connectivity index (χ0v) is 23.3. The van der Waals surface area contributed by atoms with Gasteiger partial charge < -0.3 is 18.6 Å². The van der Waals surface area contributed by atoms with Gasteiger partial charge in [-0.05, 0) is 58.2 Å². The van der Waals surface area contributed by atoms with Crippen LogP contribution in [0.3, 0.4) is 0 Å². The van der Waals surface area contributed by atoms with Gasteiger partial charge in [-0.15, -0.1) is 0 Å². The number of unbranched alkanes of at least 4 members (excludes halogenated alkanes) is 7. The molecule has 0 aliphatic carbocycles. The smallest absolute Gasteiger partial charge is 0.383 e. The highest BCUT2D eigenvalue weighted by Crippen LogP contribution is 2.35. The van der Waals surface area contributed by atoms with E-state index in [9.17, 15) is 9.59 Å². The first kappa shape index (κ1) is 30.2.